The Morgan fingerprint density at radius 1 is 1.32 bits per heavy atom. The minimum Gasteiger partial charge on any atom is -0.481 e. The van der Waals surface area contributed by atoms with Crippen molar-refractivity contribution in [2.24, 2.45) is 5.41 Å². The van der Waals surface area contributed by atoms with Crippen molar-refractivity contribution in [1.82, 2.24) is 10.2 Å². The van der Waals surface area contributed by atoms with Crippen LogP contribution in [0.1, 0.15) is 44.9 Å². The molecule has 1 aliphatic carbocycles. The summed E-state index contributed by atoms with van der Waals surface area (Å²) in [4.78, 5) is 23.5. The third-order valence-corrected chi connectivity index (χ3v) is 4.23. The van der Waals surface area contributed by atoms with Crippen LogP contribution in [0.15, 0.2) is 5.51 Å². The molecule has 0 unspecified atom stereocenters. The Labute approximate surface area is 115 Å². The molecule has 1 amide bonds. The highest BCUT2D eigenvalue weighted by Gasteiger charge is 2.40. The highest BCUT2D eigenvalue weighted by Crippen LogP contribution is 2.38. The number of nitrogens with one attached hydrogen (secondary N) is 1. The molecule has 2 N–H and O–H groups in total. The predicted octanol–water partition coefficient (Wildman–Crippen LogP) is 2.29. The number of carboxylic acid groups (broad SMARTS) is 1. The van der Waals surface area contributed by atoms with Gasteiger partial charge in [0.05, 0.1) is 5.41 Å². The highest BCUT2D eigenvalue weighted by molar-refractivity contribution is 7.13. The lowest BCUT2D eigenvalue weighted by atomic mass is 9.77. The average Bonchev–Trinajstić information content (AvgIpc) is 2.73. The molecule has 0 saturated heterocycles. The molecule has 104 valence electrons. The molecule has 7 heteroatoms. The number of hydrogen-bond donors (Lipinski definition) is 2. The summed E-state index contributed by atoms with van der Waals surface area (Å²) in [7, 11) is 0. The lowest BCUT2D eigenvalue weighted by molar-refractivity contribution is -0.152. The topological polar surface area (TPSA) is 92.2 Å². The molecule has 1 aliphatic rings. The molecule has 0 atom stereocenters. The quantitative estimate of drug-likeness (QED) is 0.827. The SMILES string of the molecule is O=C(CC1(C(=O)O)CCCCCC1)Nc1nncs1. The Morgan fingerprint density at radius 2 is 2.00 bits per heavy atom. The second kappa shape index (κ2) is 6.10. The second-order valence-corrected chi connectivity index (χ2v) is 5.80. The summed E-state index contributed by atoms with van der Waals surface area (Å²) >= 11 is 1.22. The van der Waals surface area contributed by atoms with Gasteiger partial charge in [-0.05, 0) is 12.8 Å². The van der Waals surface area contributed by atoms with E-state index in [0.29, 0.717) is 18.0 Å². The molecule has 19 heavy (non-hydrogen) atoms. The first-order valence-corrected chi connectivity index (χ1v) is 7.30. The average molecular weight is 283 g/mol. The van der Waals surface area contributed by atoms with Crippen LogP contribution in [0.2, 0.25) is 0 Å². The Bertz CT molecular complexity index is 439. The maximum absolute atomic E-state index is 12.0. The van der Waals surface area contributed by atoms with Gasteiger partial charge in [0.1, 0.15) is 5.51 Å². The van der Waals surface area contributed by atoms with Crippen LogP contribution in [-0.2, 0) is 9.59 Å². The summed E-state index contributed by atoms with van der Waals surface area (Å²) < 4.78 is 0. The van der Waals surface area contributed by atoms with Crippen LogP contribution >= 0.6 is 11.3 Å². The number of carbonyl (C=O) groups is 2. The van der Waals surface area contributed by atoms with Gasteiger partial charge in [-0.2, -0.15) is 0 Å². The molecule has 0 spiro atoms. The number of carbonyl (C=O) groups excluding carboxylic acids is 1. The maximum Gasteiger partial charge on any atom is 0.310 e. The van der Waals surface area contributed by atoms with Crippen molar-refractivity contribution >= 4 is 28.3 Å². The number of carboxylic acids is 1. The molecule has 1 aromatic rings. The standard InChI is InChI=1S/C12H17N3O3S/c16-9(14-11-15-13-8-19-11)7-12(10(17)18)5-3-1-2-4-6-12/h8H,1-7H2,(H,17,18)(H,14,15,16). The first-order valence-electron chi connectivity index (χ1n) is 6.42. The molecule has 0 radical (unpaired) electrons. The summed E-state index contributed by atoms with van der Waals surface area (Å²) in [6.45, 7) is 0. The lowest BCUT2D eigenvalue weighted by Crippen LogP contribution is -2.35. The van der Waals surface area contributed by atoms with Gasteiger partial charge in [0.25, 0.3) is 0 Å². The van der Waals surface area contributed by atoms with Crippen molar-refractivity contribution in [3.05, 3.63) is 5.51 Å². The minimum atomic E-state index is -0.911. The number of hydrogen-bond acceptors (Lipinski definition) is 5. The van der Waals surface area contributed by atoms with E-state index in [-0.39, 0.29) is 12.3 Å². The van der Waals surface area contributed by atoms with Crippen LogP contribution in [0.5, 0.6) is 0 Å². The lowest BCUT2D eigenvalue weighted by Gasteiger charge is -2.26. The van der Waals surface area contributed by atoms with Crippen LogP contribution in [-0.4, -0.2) is 27.2 Å². The monoisotopic (exact) mass is 283 g/mol. The van der Waals surface area contributed by atoms with E-state index in [9.17, 15) is 14.7 Å². The number of aliphatic carboxylic acids is 1. The fraction of sp³-hybridized carbons (Fsp3) is 0.667. The largest absolute Gasteiger partial charge is 0.481 e. The molecule has 1 fully saturated rings. The van der Waals surface area contributed by atoms with E-state index in [1.54, 1.807) is 0 Å². The number of rotatable bonds is 4. The molecule has 1 saturated carbocycles. The van der Waals surface area contributed by atoms with Crippen molar-refractivity contribution < 1.29 is 14.7 Å². The Morgan fingerprint density at radius 3 is 2.53 bits per heavy atom. The number of aromatic nitrogens is 2. The molecule has 2 rings (SSSR count). The zero-order chi connectivity index (χ0) is 13.7. The minimum absolute atomic E-state index is 0.0158. The molecule has 0 aliphatic heterocycles. The summed E-state index contributed by atoms with van der Waals surface area (Å²) in [6, 6.07) is 0. The summed E-state index contributed by atoms with van der Waals surface area (Å²) in [5.41, 5.74) is 0.611. The van der Waals surface area contributed by atoms with Crippen LogP contribution in [0, 0.1) is 5.41 Å². The summed E-state index contributed by atoms with van der Waals surface area (Å²) in [6.07, 6.45) is 5.01. The zero-order valence-corrected chi connectivity index (χ0v) is 11.4. The third-order valence-electron chi connectivity index (χ3n) is 3.62. The van der Waals surface area contributed by atoms with Crippen molar-refractivity contribution in [2.45, 2.75) is 44.9 Å². The molecular weight excluding hydrogens is 266 g/mol. The molecule has 0 aromatic carbocycles. The smallest absolute Gasteiger partial charge is 0.310 e. The van der Waals surface area contributed by atoms with Gasteiger partial charge in [-0.15, -0.1) is 10.2 Å². The third kappa shape index (κ3) is 3.50. The van der Waals surface area contributed by atoms with Crippen LogP contribution in [0.4, 0.5) is 5.13 Å². The molecule has 1 heterocycles. The van der Waals surface area contributed by atoms with Crippen molar-refractivity contribution in [2.75, 3.05) is 5.32 Å². The highest BCUT2D eigenvalue weighted by atomic mass is 32.1. The Kier molecular flexibility index (Phi) is 4.47. The summed E-state index contributed by atoms with van der Waals surface area (Å²) in [5.74, 6) is -1.15. The van der Waals surface area contributed by atoms with E-state index in [0.717, 1.165) is 25.7 Å². The maximum atomic E-state index is 12.0. The van der Waals surface area contributed by atoms with E-state index in [2.05, 4.69) is 15.5 Å². The van der Waals surface area contributed by atoms with Crippen LogP contribution < -0.4 is 5.32 Å². The van der Waals surface area contributed by atoms with E-state index in [1.165, 1.54) is 16.8 Å². The van der Waals surface area contributed by atoms with Gasteiger partial charge >= 0.3 is 5.97 Å². The Hall–Kier alpha value is -1.50. The molecule has 6 nitrogen and oxygen atoms in total. The van der Waals surface area contributed by atoms with Gasteiger partial charge < -0.3 is 10.4 Å². The van der Waals surface area contributed by atoms with Crippen molar-refractivity contribution in [3.63, 3.8) is 0 Å². The van der Waals surface area contributed by atoms with Gasteiger partial charge in [0.15, 0.2) is 0 Å². The van der Waals surface area contributed by atoms with Gasteiger partial charge in [0.2, 0.25) is 11.0 Å². The van der Waals surface area contributed by atoms with E-state index >= 15 is 0 Å². The molecule has 0 bridgehead atoms. The van der Waals surface area contributed by atoms with Gasteiger partial charge in [-0.25, -0.2) is 0 Å². The first kappa shape index (κ1) is 13.9. The van der Waals surface area contributed by atoms with E-state index < -0.39 is 11.4 Å². The summed E-state index contributed by atoms with van der Waals surface area (Å²) in [5, 5.41) is 19.9. The fourth-order valence-electron chi connectivity index (χ4n) is 2.57. The number of amides is 1. The van der Waals surface area contributed by atoms with E-state index in [1.807, 2.05) is 0 Å². The van der Waals surface area contributed by atoms with Crippen LogP contribution in [0.3, 0.4) is 0 Å². The first-order chi connectivity index (χ1) is 9.12. The molecular formula is C12H17N3O3S. The van der Waals surface area contributed by atoms with Crippen LogP contribution in [0.25, 0.3) is 0 Å². The van der Waals surface area contributed by atoms with Gasteiger partial charge in [0, 0.05) is 6.42 Å². The Balaban J connectivity index is 2.03. The number of nitrogens with zero attached hydrogens (tertiary/aromatic N) is 2. The predicted molar refractivity (Wildman–Crippen MR) is 70.9 cm³/mol. The zero-order valence-electron chi connectivity index (χ0n) is 10.6. The molecule has 1 aromatic heterocycles. The van der Waals surface area contributed by atoms with Crippen molar-refractivity contribution in [3.8, 4) is 0 Å². The normalized spacial score (nSPS) is 18.5. The van der Waals surface area contributed by atoms with E-state index in [4.69, 9.17) is 0 Å². The number of anilines is 1. The van der Waals surface area contributed by atoms with Gasteiger partial charge in [-0.3, -0.25) is 9.59 Å². The van der Waals surface area contributed by atoms with Crippen molar-refractivity contribution in [1.29, 1.82) is 0 Å². The second-order valence-electron chi connectivity index (χ2n) is 4.97. The van der Waals surface area contributed by atoms with Gasteiger partial charge in [-0.1, -0.05) is 37.0 Å². The fourth-order valence-corrected chi connectivity index (χ4v) is 3.03.